The highest BCUT2D eigenvalue weighted by atomic mass is 31.1. The molecular weight excluding hydrogens is 414 g/mol. The number of nitrogens with one attached hydrogen (secondary N) is 2. The van der Waals surface area contributed by atoms with Crippen LogP contribution in [0, 0.1) is 11.8 Å². The van der Waals surface area contributed by atoms with Crippen molar-refractivity contribution in [3.63, 3.8) is 0 Å². The minimum absolute atomic E-state index is 0.0260. The Labute approximate surface area is 177 Å². The van der Waals surface area contributed by atoms with Crippen LogP contribution in [0.3, 0.4) is 0 Å². The molecule has 8 nitrogen and oxygen atoms in total. The Kier molecular flexibility index (Phi) is 12.2. The van der Waals surface area contributed by atoms with Crippen molar-refractivity contribution in [2.24, 2.45) is 11.8 Å². The number of alkyl carbamates (subject to hydrolysis) is 2. The molecule has 2 atom stereocenters. The molecule has 0 saturated heterocycles. The van der Waals surface area contributed by atoms with E-state index in [0.717, 1.165) is 63.2 Å². The van der Waals surface area contributed by atoms with Gasteiger partial charge in [-0.2, -0.15) is 0 Å². The summed E-state index contributed by atoms with van der Waals surface area (Å²) >= 11 is 0. The van der Waals surface area contributed by atoms with Crippen molar-refractivity contribution in [3.8, 4) is 0 Å². The van der Waals surface area contributed by atoms with Crippen LogP contribution in [0.1, 0.15) is 57.8 Å². The Bertz CT molecular complexity index is 441. The number of rotatable bonds is 10. The van der Waals surface area contributed by atoms with Crippen molar-refractivity contribution in [2.45, 2.75) is 69.9 Å². The van der Waals surface area contributed by atoms with Crippen LogP contribution in [-0.2, 0) is 18.5 Å². The molecule has 0 radical (unpaired) electrons. The van der Waals surface area contributed by atoms with Gasteiger partial charge < -0.3 is 29.2 Å². The number of hydrogen-bond acceptors (Lipinski definition) is 6. The first kappa shape index (κ1) is 24.6. The van der Waals surface area contributed by atoms with Crippen molar-refractivity contribution < 1.29 is 28.1 Å². The molecule has 2 fully saturated rings. The minimum Gasteiger partial charge on any atom is -0.422 e. The smallest absolute Gasteiger partial charge is 0.409 e. The molecule has 0 aromatic rings. The summed E-state index contributed by atoms with van der Waals surface area (Å²) in [6, 6.07) is 0.428. The van der Waals surface area contributed by atoms with Gasteiger partial charge in [0.2, 0.25) is 0 Å². The molecule has 0 aromatic carbocycles. The van der Waals surface area contributed by atoms with E-state index in [1.165, 1.54) is 6.42 Å². The highest BCUT2D eigenvalue weighted by Crippen LogP contribution is 2.35. The maximum absolute atomic E-state index is 11.7. The lowest BCUT2D eigenvalue weighted by Gasteiger charge is -2.34. The molecule has 0 heterocycles. The number of ether oxygens (including phenoxy) is 2. The van der Waals surface area contributed by atoms with Crippen LogP contribution in [0.5, 0.6) is 0 Å². The third-order valence-electron chi connectivity index (χ3n) is 5.79. The minimum atomic E-state index is -0.377. The number of carbonyl (C=O) groups excluding carboxylic acids is 2. The van der Waals surface area contributed by atoms with Crippen molar-refractivity contribution in [1.82, 2.24) is 10.6 Å². The molecular formula is C19H36N2O6P2. The second-order valence-electron chi connectivity index (χ2n) is 7.76. The zero-order valence-electron chi connectivity index (χ0n) is 17.5. The van der Waals surface area contributed by atoms with Gasteiger partial charge in [-0.05, 0) is 83.0 Å². The summed E-state index contributed by atoms with van der Waals surface area (Å²) in [5.41, 5.74) is 0. The third-order valence-corrected chi connectivity index (χ3v) is 6.60. The molecule has 0 spiro atoms. The van der Waals surface area contributed by atoms with Gasteiger partial charge in [-0.1, -0.05) is 0 Å². The highest BCUT2D eigenvalue weighted by Gasteiger charge is 2.28. The summed E-state index contributed by atoms with van der Waals surface area (Å²) in [6.45, 7) is 3.84. The SMILES string of the molecule is CPOCOC(=O)NC1CCC(CC2CCC(NC(=O)OCOPC)CC2)CC1. The average Bonchev–Trinajstić information content (AvgIpc) is 2.71. The Morgan fingerprint density at radius 2 is 1.10 bits per heavy atom. The van der Waals surface area contributed by atoms with Gasteiger partial charge in [0, 0.05) is 29.7 Å². The molecule has 168 valence electrons. The maximum Gasteiger partial charge on any atom is 0.409 e. The Balaban J connectivity index is 1.55. The summed E-state index contributed by atoms with van der Waals surface area (Å²) in [4.78, 5) is 23.4. The van der Waals surface area contributed by atoms with Crippen molar-refractivity contribution in [1.29, 1.82) is 0 Å². The van der Waals surface area contributed by atoms with E-state index in [-0.39, 0.29) is 37.9 Å². The first-order valence-corrected chi connectivity index (χ1v) is 13.4. The fourth-order valence-electron chi connectivity index (χ4n) is 4.26. The topological polar surface area (TPSA) is 95.1 Å². The molecule has 0 aliphatic heterocycles. The lowest BCUT2D eigenvalue weighted by Crippen LogP contribution is -2.39. The summed E-state index contributed by atoms with van der Waals surface area (Å²) in [5.74, 6) is 1.47. The van der Waals surface area contributed by atoms with Crippen LogP contribution in [-0.4, -0.2) is 51.2 Å². The molecule has 10 heteroatoms. The molecule has 2 N–H and O–H groups in total. The van der Waals surface area contributed by atoms with E-state index >= 15 is 0 Å². The standard InChI is InChI=1S/C19H36N2O6P2/c1-28-26-12-24-18(22)20-16-7-3-14(4-8-16)11-15-5-9-17(10-6-15)21-19(23)25-13-27-29-2/h14-17,28-29H,3-13H2,1-2H3,(H,20,22)(H,21,23). The fourth-order valence-corrected chi connectivity index (χ4v) is 4.61. The van der Waals surface area contributed by atoms with Gasteiger partial charge in [-0.25, -0.2) is 9.59 Å². The predicted molar refractivity (Wildman–Crippen MR) is 116 cm³/mol. The Hall–Kier alpha value is -0.680. The maximum atomic E-state index is 11.7. The van der Waals surface area contributed by atoms with Gasteiger partial charge in [-0.3, -0.25) is 0 Å². The number of carbonyl (C=O) groups is 2. The lowest BCUT2D eigenvalue weighted by atomic mass is 9.76. The molecule has 2 aliphatic rings. The molecule has 2 aliphatic carbocycles. The summed E-state index contributed by atoms with van der Waals surface area (Å²) in [7, 11) is 0.646. The first-order valence-electron chi connectivity index (χ1n) is 10.5. The number of amides is 2. The van der Waals surface area contributed by atoms with Gasteiger partial charge in [0.25, 0.3) is 0 Å². The predicted octanol–water partition coefficient (Wildman–Crippen LogP) is 4.34. The number of hydrogen-bond donors (Lipinski definition) is 2. The molecule has 0 aromatic heterocycles. The van der Waals surface area contributed by atoms with Crippen LogP contribution >= 0.6 is 17.6 Å². The largest absolute Gasteiger partial charge is 0.422 e. The van der Waals surface area contributed by atoms with Crippen LogP contribution in [0.15, 0.2) is 0 Å². The van der Waals surface area contributed by atoms with Crippen LogP contribution in [0.25, 0.3) is 0 Å². The zero-order valence-corrected chi connectivity index (χ0v) is 19.5. The van der Waals surface area contributed by atoms with Crippen molar-refractivity contribution in [2.75, 3.05) is 26.9 Å². The van der Waals surface area contributed by atoms with Crippen molar-refractivity contribution in [3.05, 3.63) is 0 Å². The van der Waals surface area contributed by atoms with E-state index < -0.39 is 0 Å². The van der Waals surface area contributed by atoms with E-state index in [9.17, 15) is 9.59 Å². The van der Waals surface area contributed by atoms with E-state index in [0.29, 0.717) is 17.6 Å². The van der Waals surface area contributed by atoms with Crippen LogP contribution in [0.2, 0.25) is 0 Å². The van der Waals surface area contributed by atoms with Gasteiger partial charge in [0.1, 0.15) is 0 Å². The molecule has 0 bridgehead atoms. The average molecular weight is 450 g/mol. The van der Waals surface area contributed by atoms with Crippen LogP contribution < -0.4 is 10.6 Å². The molecule has 2 amide bonds. The van der Waals surface area contributed by atoms with Gasteiger partial charge >= 0.3 is 12.2 Å². The highest BCUT2D eigenvalue weighted by molar-refractivity contribution is 7.31. The molecule has 2 unspecified atom stereocenters. The van der Waals surface area contributed by atoms with E-state index in [4.69, 9.17) is 18.5 Å². The summed E-state index contributed by atoms with van der Waals surface area (Å²) < 4.78 is 20.1. The second-order valence-corrected chi connectivity index (χ2v) is 9.15. The Morgan fingerprint density at radius 1 is 0.724 bits per heavy atom. The molecule has 2 rings (SSSR count). The van der Waals surface area contributed by atoms with Crippen LogP contribution in [0.4, 0.5) is 9.59 Å². The monoisotopic (exact) mass is 450 g/mol. The quantitative estimate of drug-likeness (QED) is 0.292. The van der Waals surface area contributed by atoms with Gasteiger partial charge in [0.15, 0.2) is 13.6 Å². The summed E-state index contributed by atoms with van der Waals surface area (Å²) in [6.07, 6.45) is 9.17. The van der Waals surface area contributed by atoms with E-state index in [1.807, 2.05) is 13.3 Å². The van der Waals surface area contributed by atoms with E-state index in [2.05, 4.69) is 10.6 Å². The zero-order chi connectivity index (χ0) is 20.9. The van der Waals surface area contributed by atoms with E-state index in [1.54, 1.807) is 0 Å². The first-order chi connectivity index (χ1) is 14.1. The van der Waals surface area contributed by atoms with Crippen molar-refractivity contribution >= 4 is 29.8 Å². The van der Waals surface area contributed by atoms with Gasteiger partial charge in [0.05, 0.1) is 0 Å². The third kappa shape index (κ3) is 10.3. The fraction of sp³-hybridized carbons (Fsp3) is 0.895. The molecule has 29 heavy (non-hydrogen) atoms. The second kappa shape index (κ2) is 14.3. The molecule has 2 saturated carbocycles. The Morgan fingerprint density at radius 3 is 1.45 bits per heavy atom. The van der Waals surface area contributed by atoms with Gasteiger partial charge in [-0.15, -0.1) is 0 Å². The summed E-state index contributed by atoms with van der Waals surface area (Å²) in [5, 5.41) is 5.89. The normalized spacial score (nSPS) is 27.9. The lowest BCUT2D eigenvalue weighted by molar-refractivity contribution is 0.0653.